The summed E-state index contributed by atoms with van der Waals surface area (Å²) in [7, 11) is 0. The molecule has 29 heavy (non-hydrogen) atoms. The molecule has 7 heteroatoms. The molecule has 0 radical (unpaired) electrons. The predicted molar refractivity (Wildman–Crippen MR) is 106 cm³/mol. The molecular formula is C22H24N2O5. The monoisotopic (exact) mass is 396 g/mol. The Bertz CT molecular complexity index is 853. The lowest BCUT2D eigenvalue weighted by atomic mass is 10.0. The smallest absolute Gasteiger partial charge is 0.417 e. The fraction of sp³-hybridized carbons (Fsp3) is 0.318. The Hall–Kier alpha value is -3.35. The fourth-order valence-electron chi connectivity index (χ4n) is 3.18. The Morgan fingerprint density at radius 2 is 1.86 bits per heavy atom. The van der Waals surface area contributed by atoms with E-state index < -0.39 is 18.0 Å². The van der Waals surface area contributed by atoms with Crippen LogP contribution < -0.4 is 10.1 Å². The molecule has 0 aliphatic carbocycles. The number of nitrogens with one attached hydrogen (secondary N) is 1. The molecule has 3 amide bonds. The van der Waals surface area contributed by atoms with Crippen molar-refractivity contribution in [1.82, 2.24) is 10.2 Å². The average Bonchev–Trinajstić information content (AvgIpc) is 3.05. The van der Waals surface area contributed by atoms with Gasteiger partial charge in [-0.3, -0.25) is 9.59 Å². The maximum atomic E-state index is 12.6. The third-order valence-electron chi connectivity index (χ3n) is 4.64. The van der Waals surface area contributed by atoms with E-state index in [0.29, 0.717) is 13.0 Å². The van der Waals surface area contributed by atoms with E-state index in [1.807, 2.05) is 61.5 Å². The number of carbonyl (C=O) groups is 3. The van der Waals surface area contributed by atoms with Gasteiger partial charge in [0.1, 0.15) is 5.75 Å². The number of carbonyl (C=O) groups excluding carboxylic acids is 3. The minimum absolute atomic E-state index is 0.0307. The second kappa shape index (κ2) is 9.73. The number of hydrogen-bond donors (Lipinski definition) is 1. The van der Waals surface area contributed by atoms with Gasteiger partial charge >= 0.3 is 6.09 Å². The van der Waals surface area contributed by atoms with Crippen molar-refractivity contribution in [1.29, 1.82) is 0 Å². The van der Waals surface area contributed by atoms with Gasteiger partial charge in [-0.1, -0.05) is 48.5 Å². The lowest BCUT2D eigenvalue weighted by molar-refractivity contribution is -0.127. The highest BCUT2D eigenvalue weighted by molar-refractivity contribution is 5.97. The Morgan fingerprint density at radius 1 is 1.14 bits per heavy atom. The van der Waals surface area contributed by atoms with Crippen molar-refractivity contribution in [2.75, 3.05) is 19.8 Å². The normalized spacial score (nSPS) is 14.4. The first-order valence-corrected chi connectivity index (χ1v) is 9.60. The van der Waals surface area contributed by atoms with Crippen LogP contribution in [0.2, 0.25) is 0 Å². The van der Waals surface area contributed by atoms with Gasteiger partial charge in [0.05, 0.1) is 19.2 Å². The van der Waals surface area contributed by atoms with E-state index in [-0.39, 0.29) is 25.5 Å². The third-order valence-corrected chi connectivity index (χ3v) is 4.64. The first-order chi connectivity index (χ1) is 14.1. The molecule has 1 N–H and O–H groups in total. The maximum Gasteiger partial charge on any atom is 0.417 e. The molecule has 3 rings (SSSR count). The molecule has 1 fully saturated rings. The average molecular weight is 396 g/mol. The van der Waals surface area contributed by atoms with Gasteiger partial charge in [-0.15, -0.1) is 0 Å². The van der Waals surface area contributed by atoms with E-state index in [9.17, 15) is 14.4 Å². The lowest BCUT2D eigenvalue weighted by Gasteiger charge is -2.23. The van der Waals surface area contributed by atoms with Gasteiger partial charge in [0.2, 0.25) is 5.91 Å². The van der Waals surface area contributed by atoms with Gasteiger partial charge in [0.25, 0.3) is 5.91 Å². The molecule has 0 saturated carbocycles. The molecule has 2 aromatic carbocycles. The summed E-state index contributed by atoms with van der Waals surface area (Å²) < 4.78 is 10.4. The highest BCUT2D eigenvalue weighted by Crippen LogP contribution is 2.21. The van der Waals surface area contributed by atoms with E-state index in [4.69, 9.17) is 9.47 Å². The highest BCUT2D eigenvalue weighted by atomic mass is 16.6. The quantitative estimate of drug-likeness (QED) is 0.705. The number of aryl methyl sites for hydroxylation is 1. The van der Waals surface area contributed by atoms with Crippen LogP contribution in [0, 0.1) is 0 Å². The molecule has 1 heterocycles. The molecule has 1 unspecified atom stereocenters. The number of nitrogens with zero attached hydrogens (tertiary/aromatic N) is 1. The van der Waals surface area contributed by atoms with Crippen LogP contribution in [0.3, 0.4) is 0 Å². The van der Waals surface area contributed by atoms with Crippen LogP contribution in [0.25, 0.3) is 0 Å². The molecule has 1 aliphatic rings. The van der Waals surface area contributed by atoms with Crippen molar-refractivity contribution in [3.8, 4) is 5.75 Å². The standard InChI is InChI=1S/C22H24N2O5/c1-2-28-19-11-7-6-10-17(19)12-13-20(25)23-18(16-8-4-3-5-9-16)14-24-21(26)15-29-22(24)27/h3-11,18H,2,12-15H2,1H3,(H,23,25). The molecule has 0 spiro atoms. The summed E-state index contributed by atoms with van der Waals surface area (Å²) in [6.07, 6.45) is 0.0934. The number of ether oxygens (including phenoxy) is 2. The molecular weight excluding hydrogens is 372 g/mol. The number of cyclic esters (lactones) is 1. The first kappa shape index (κ1) is 20.4. The van der Waals surface area contributed by atoms with Crippen molar-refractivity contribution in [3.05, 3.63) is 65.7 Å². The minimum atomic E-state index is -0.684. The number of para-hydroxylation sites is 1. The van der Waals surface area contributed by atoms with Crippen molar-refractivity contribution >= 4 is 17.9 Å². The zero-order valence-electron chi connectivity index (χ0n) is 16.3. The molecule has 2 aromatic rings. The van der Waals surface area contributed by atoms with Crippen LogP contribution in [0.1, 0.15) is 30.5 Å². The second-order valence-corrected chi connectivity index (χ2v) is 6.63. The van der Waals surface area contributed by atoms with E-state index in [1.165, 1.54) is 0 Å². The Kier molecular flexibility index (Phi) is 6.84. The van der Waals surface area contributed by atoms with Crippen LogP contribution in [0.15, 0.2) is 54.6 Å². The highest BCUT2D eigenvalue weighted by Gasteiger charge is 2.33. The van der Waals surface area contributed by atoms with Crippen LogP contribution in [0.4, 0.5) is 4.79 Å². The number of amides is 3. The Balaban J connectivity index is 1.67. The topological polar surface area (TPSA) is 84.9 Å². The summed E-state index contributed by atoms with van der Waals surface area (Å²) >= 11 is 0. The molecule has 7 nitrogen and oxygen atoms in total. The van der Waals surface area contributed by atoms with Crippen molar-refractivity contribution in [2.24, 2.45) is 0 Å². The van der Waals surface area contributed by atoms with Crippen molar-refractivity contribution < 1.29 is 23.9 Å². The maximum absolute atomic E-state index is 12.6. The zero-order valence-corrected chi connectivity index (χ0v) is 16.3. The van der Waals surface area contributed by atoms with Crippen molar-refractivity contribution in [3.63, 3.8) is 0 Å². The summed E-state index contributed by atoms with van der Waals surface area (Å²) in [6, 6.07) is 16.4. The van der Waals surface area contributed by atoms with E-state index in [1.54, 1.807) is 0 Å². The lowest BCUT2D eigenvalue weighted by Crippen LogP contribution is -2.40. The van der Waals surface area contributed by atoms with Crippen LogP contribution in [-0.2, 0) is 20.7 Å². The Morgan fingerprint density at radius 3 is 2.55 bits per heavy atom. The van der Waals surface area contributed by atoms with Gasteiger partial charge in [0, 0.05) is 6.42 Å². The van der Waals surface area contributed by atoms with Crippen LogP contribution in [-0.4, -0.2) is 42.6 Å². The Labute approximate surface area is 169 Å². The summed E-state index contributed by atoms with van der Waals surface area (Å²) in [5.74, 6) is 0.189. The van der Waals surface area contributed by atoms with Gasteiger partial charge in [-0.2, -0.15) is 0 Å². The summed E-state index contributed by atoms with van der Waals surface area (Å²) in [6.45, 7) is 2.24. The van der Waals surface area contributed by atoms with Gasteiger partial charge in [-0.05, 0) is 30.5 Å². The first-order valence-electron chi connectivity index (χ1n) is 9.60. The third kappa shape index (κ3) is 5.34. The molecule has 1 saturated heterocycles. The zero-order chi connectivity index (χ0) is 20.6. The molecule has 0 aromatic heterocycles. The molecule has 1 atom stereocenters. The predicted octanol–water partition coefficient (Wildman–Crippen LogP) is 2.85. The van der Waals surface area contributed by atoms with Gasteiger partial charge < -0.3 is 14.8 Å². The SMILES string of the molecule is CCOc1ccccc1CCC(=O)NC(CN1C(=O)COC1=O)c1ccccc1. The van der Waals surface area contributed by atoms with Gasteiger partial charge in [0.15, 0.2) is 6.61 Å². The molecule has 1 aliphatic heterocycles. The fourth-order valence-corrected chi connectivity index (χ4v) is 3.18. The second-order valence-electron chi connectivity index (χ2n) is 6.63. The summed E-state index contributed by atoms with van der Waals surface area (Å²) in [5, 5.41) is 2.94. The van der Waals surface area contributed by atoms with E-state index >= 15 is 0 Å². The van der Waals surface area contributed by atoms with Gasteiger partial charge in [-0.25, -0.2) is 9.69 Å². The summed E-state index contributed by atoms with van der Waals surface area (Å²) in [4.78, 5) is 37.4. The molecule has 152 valence electrons. The number of imide groups is 1. The summed E-state index contributed by atoms with van der Waals surface area (Å²) in [5.41, 5.74) is 1.77. The van der Waals surface area contributed by atoms with E-state index in [2.05, 4.69) is 5.32 Å². The number of rotatable bonds is 9. The van der Waals surface area contributed by atoms with E-state index in [0.717, 1.165) is 21.8 Å². The van der Waals surface area contributed by atoms with Crippen LogP contribution in [0.5, 0.6) is 5.75 Å². The largest absolute Gasteiger partial charge is 0.494 e. The number of benzene rings is 2. The number of hydrogen-bond acceptors (Lipinski definition) is 5. The molecule has 0 bridgehead atoms. The minimum Gasteiger partial charge on any atom is -0.494 e. The van der Waals surface area contributed by atoms with Crippen LogP contribution >= 0.6 is 0 Å². The van der Waals surface area contributed by atoms with Crippen molar-refractivity contribution in [2.45, 2.75) is 25.8 Å².